The third-order valence-corrected chi connectivity index (χ3v) is 4.22. The van der Waals surface area contributed by atoms with E-state index in [4.69, 9.17) is 0 Å². The molecular formula is C14H13BrN2O2. The number of nitrogens with one attached hydrogen (secondary N) is 2. The van der Waals surface area contributed by atoms with Gasteiger partial charge in [0.25, 0.3) is 0 Å². The third-order valence-electron chi connectivity index (χ3n) is 3.50. The minimum Gasteiger partial charge on any atom is -0.327 e. The Kier molecular flexibility index (Phi) is 3.14. The molecular weight excluding hydrogens is 308 g/mol. The number of hydrogen-bond acceptors (Lipinski definition) is 2. The van der Waals surface area contributed by atoms with Crippen molar-refractivity contribution < 1.29 is 9.59 Å². The number of hydrogen-bond donors (Lipinski definition) is 2. The van der Waals surface area contributed by atoms with Crippen LogP contribution in [0.1, 0.15) is 30.9 Å². The van der Waals surface area contributed by atoms with Crippen molar-refractivity contribution in [2.45, 2.75) is 25.3 Å². The molecule has 1 atom stereocenters. The quantitative estimate of drug-likeness (QED) is 0.836. The van der Waals surface area contributed by atoms with Crippen molar-refractivity contribution in [3.63, 3.8) is 0 Å². The van der Waals surface area contributed by atoms with Crippen LogP contribution in [0, 0.1) is 0 Å². The predicted molar refractivity (Wildman–Crippen MR) is 74.4 cm³/mol. The van der Waals surface area contributed by atoms with Crippen LogP contribution in [0.15, 0.2) is 40.0 Å². The van der Waals surface area contributed by atoms with Crippen LogP contribution in [-0.2, 0) is 4.79 Å². The Hall–Kier alpha value is -1.62. The molecule has 0 aromatic heterocycles. The van der Waals surface area contributed by atoms with Gasteiger partial charge in [-0.1, -0.05) is 34.1 Å². The standard InChI is InChI=1S/C14H13BrN2O2/c15-9-5-2-1-4-8(9)13-12-10(16-14(19)17-13)6-3-7-11(12)18/h1-2,4-5,13H,3,6-7H2,(H2,16,17,19). The van der Waals surface area contributed by atoms with Gasteiger partial charge in [-0.2, -0.15) is 0 Å². The molecule has 1 aliphatic heterocycles. The van der Waals surface area contributed by atoms with Gasteiger partial charge in [0, 0.05) is 22.2 Å². The topological polar surface area (TPSA) is 58.2 Å². The number of allylic oxidation sites excluding steroid dienone is 1. The fourth-order valence-corrected chi connectivity index (χ4v) is 3.16. The fourth-order valence-electron chi connectivity index (χ4n) is 2.65. The molecule has 0 spiro atoms. The Morgan fingerprint density at radius 3 is 2.74 bits per heavy atom. The van der Waals surface area contributed by atoms with Crippen molar-refractivity contribution in [3.05, 3.63) is 45.6 Å². The second-order valence-electron chi connectivity index (χ2n) is 4.72. The zero-order chi connectivity index (χ0) is 13.4. The highest BCUT2D eigenvalue weighted by Gasteiger charge is 2.34. The van der Waals surface area contributed by atoms with Gasteiger partial charge in [0.2, 0.25) is 0 Å². The van der Waals surface area contributed by atoms with Crippen molar-refractivity contribution >= 4 is 27.7 Å². The van der Waals surface area contributed by atoms with E-state index in [0.29, 0.717) is 12.0 Å². The van der Waals surface area contributed by atoms with Crippen molar-refractivity contribution in [3.8, 4) is 0 Å². The number of halogens is 1. The summed E-state index contributed by atoms with van der Waals surface area (Å²) >= 11 is 3.48. The van der Waals surface area contributed by atoms with E-state index in [9.17, 15) is 9.59 Å². The largest absolute Gasteiger partial charge is 0.327 e. The van der Waals surface area contributed by atoms with Crippen molar-refractivity contribution in [1.29, 1.82) is 0 Å². The average Bonchev–Trinajstić information content (AvgIpc) is 2.38. The van der Waals surface area contributed by atoms with Crippen molar-refractivity contribution in [2.75, 3.05) is 0 Å². The van der Waals surface area contributed by atoms with Crippen LogP contribution >= 0.6 is 15.9 Å². The molecule has 1 unspecified atom stereocenters. The van der Waals surface area contributed by atoms with Gasteiger partial charge in [-0.15, -0.1) is 0 Å². The van der Waals surface area contributed by atoms with Gasteiger partial charge >= 0.3 is 6.03 Å². The van der Waals surface area contributed by atoms with E-state index in [-0.39, 0.29) is 17.9 Å². The Morgan fingerprint density at radius 1 is 1.16 bits per heavy atom. The number of rotatable bonds is 1. The SMILES string of the molecule is O=C1NC2=C(C(=O)CCC2)C(c2ccccc2Br)N1. The molecule has 0 saturated heterocycles. The second kappa shape index (κ2) is 4.81. The van der Waals surface area contributed by atoms with Crippen molar-refractivity contribution in [2.24, 2.45) is 0 Å². The molecule has 2 N–H and O–H groups in total. The van der Waals surface area contributed by atoms with E-state index in [0.717, 1.165) is 28.6 Å². The summed E-state index contributed by atoms with van der Waals surface area (Å²) < 4.78 is 0.896. The highest BCUT2D eigenvalue weighted by atomic mass is 79.9. The molecule has 4 nitrogen and oxygen atoms in total. The molecule has 0 radical (unpaired) electrons. The zero-order valence-electron chi connectivity index (χ0n) is 10.2. The van der Waals surface area contributed by atoms with Crippen molar-refractivity contribution in [1.82, 2.24) is 10.6 Å². The van der Waals surface area contributed by atoms with E-state index in [1.165, 1.54) is 0 Å². The first kappa shape index (κ1) is 12.4. The molecule has 0 fully saturated rings. The van der Waals surface area contributed by atoms with Gasteiger partial charge in [0.1, 0.15) is 0 Å². The number of urea groups is 1. The first-order chi connectivity index (χ1) is 9.16. The fraction of sp³-hybridized carbons (Fsp3) is 0.286. The van der Waals surface area contributed by atoms with E-state index in [1.807, 2.05) is 24.3 Å². The van der Waals surface area contributed by atoms with Crippen LogP contribution in [0.5, 0.6) is 0 Å². The summed E-state index contributed by atoms with van der Waals surface area (Å²) in [5.74, 6) is 0.120. The predicted octanol–water partition coefficient (Wildman–Crippen LogP) is 2.81. The lowest BCUT2D eigenvalue weighted by molar-refractivity contribution is -0.116. The molecule has 1 aromatic carbocycles. The number of Topliss-reactive ketones (excluding diaryl/α,β-unsaturated/α-hetero) is 1. The van der Waals surface area contributed by atoms with Crippen LogP contribution in [0.2, 0.25) is 0 Å². The number of amides is 2. The molecule has 5 heteroatoms. The van der Waals surface area contributed by atoms with Crippen LogP contribution < -0.4 is 10.6 Å². The van der Waals surface area contributed by atoms with E-state index >= 15 is 0 Å². The highest BCUT2D eigenvalue weighted by Crippen LogP contribution is 2.35. The monoisotopic (exact) mass is 320 g/mol. The molecule has 2 amide bonds. The number of benzene rings is 1. The molecule has 1 aromatic rings. The lowest BCUT2D eigenvalue weighted by Gasteiger charge is -2.32. The molecule has 0 bridgehead atoms. The summed E-state index contributed by atoms with van der Waals surface area (Å²) in [6.45, 7) is 0. The first-order valence-electron chi connectivity index (χ1n) is 6.25. The van der Waals surface area contributed by atoms with Gasteiger partial charge in [0.05, 0.1) is 6.04 Å². The molecule has 98 valence electrons. The lowest BCUT2D eigenvalue weighted by atomic mass is 9.85. The summed E-state index contributed by atoms with van der Waals surface area (Å²) in [5, 5.41) is 5.61. The van der Waals surface area contributed by atoms with Gasteiger partial charge in [0.15, 0.2) is 5.78 Å². The molecule has 3 rings (SSSR count). The summed E-state index contributed by atoms with van der Waals surface area (Å²) in [7, 11) is 0. The summed E-state index contributed by atoms with van der Waals surface area (Å²) in [6, 6.07) is 7.06. The summed E-state index contributed by atoms with van der Waals surface area (Å²) in [4.78, 5) is 23.9. The maximum atomic E-state index is 12.2. The Labute approximate surface area is 119 Å². The van der Waals surface area contributed by atoms with E-state index in [2.05, 4.69) is 26.6 Å². The molecule has 2 aliphatic rings. The first-order valence-corrected chi connectivity index (χ1v) is 7.04. The minimum absolute atomic E-state index is 0.120. The number of ketones is 1. The molecule has 1 aliphatic carbocycles. The van der Waals surface area contributed by atoms with E-state index < -0.39 is 0 Å². The number of carbonyl (C=O) groups excluding carboxylic acids is 2. The van der Waals surface area contributed by atoms with Gasteiger partial charge in [-0.05, 0) is 24.5 Å². The normalized spacial score (nSPS) is 22.7. The summed E-state index contributed by atoms with van der Waals surface area (Å²) in [6.07, 6.45) is 2.12. The maximum absolute atomic E-state index is 12.2. The van der Waals surface area contributed by atoms with Gasteiger partial charge in [-0.3, -0.25) is 4.79 Å². The third kappa shape index (κ3) is 2.18. The average molecular weight is 321 g/mol. The maximum Gasteiger partial charge on any atom is 0.319 e. The molecule has 1 heterocycles. The molecule has 19 heavy (non-hydrogen) atoms. The second-order valence-corrected chi connectivity index (χ2v) is 5.58. The smallest absolute Gasteiger partial charge is 0.319 e. The van der Waals surface area contributed by atoms with Crippen LogP contribution in [0.25, 0.3) is 0 Å². The van der Waals surface area contributed by atoms with Crippen LogP contribution in [0.4, 0.5) is 4.79 Å². The zero-order valence-corrected chi connectivity index (χ0v) is 11.8. The Balaban J connectivity index is 2.11. The highest BCUT2D eigenvalue weighted by molar-refractivity contribution is 9.10. The lowest BCUT2D eigenvalue weighted by Crippen LogP contribution is -2.46. The van der Waals surface area contributed by atoms with Crippen LogP contribution in [-0.4, -0.2) is 11.8 Å². The van der Waals surface area contributed by atoms with Gasteiger partial charge in [-0.25, -0.2) is 4.79 Å². The summed E-state index contributed by atoms with van der Waals surface area (Å²) in [5.41, 5.74) is 2.40. The number of carbonyl (C=O) groups is 2. The van der Waals surface area contributed by atoms with Gasteiger partial charge < -0.3 is 10.6 Å². The Bertz CT molecular complexity index is 595. The van der Waals surface area contributed by atoms with Crippen LogP contribution in [0.3, 0.4) is 0 Å². The molecule has 0 saturated carbocycles. The minimum atomic E-state index is -0.355. The Morgan fingerprint density at radius 2 is 1.95 bits per heavy atom. The van der Waals surface area contributed by atoms with E-state index in [1.54, 1.807) is 0 Å².